The zero-order valence-electron chi connectivity index (χ0n) is 19.6. The normalized spacial score (nSPS) is 15.6. The summed E-state index contributed by atoms with van der Waals surface area (Å²) in [6.45, 7) is 4.58. The summed E-state index contributed by atoms with van der Waals surface area (Å²) in [4.78, 5) is 28.4. The number of fused-ring (bicyclic) bond motifs is 1. The van der Waals surface area contributed by atoms with Gasteiger partial charge in [0.2, 0.25) is 5.75 Å². The smallest absolute Gasteiger partial charge is 0.301 e. The van der Waals surface area contributed by atoms with Crippen molar-refractivity contribution < 1.29 is 17.9 Å². The molecule has 13 heteroatoms. The van der Waals surface area contributed by atoms with E-state index in [1.54, 1.807) is 12.4 Å². The fraction of sp³-hybridized carbons (Fsp3) is 0.348. The molecule has 1 aromatic carbocycles. The molecular weight excluding hydrogens is 525 g/mol. The molecule has 1 fully saturated rings. The van der Waals surface area contributed by atoms with Gasteiger partial charge in [-0.25, -0.2) is 22.8 Å². The quantitative estimate of drug-likeness (QED) is 0.391. The topological polar surface area (TPSA) is 108 Å². The van der Waals surface area contributed by atoms with Gasteiger partial charge in [-0.15, -0.1) is 11.3 Å². The van der Waals surface area contributed by atoms with E-state index in [1.165, 1.54) is 39.2 Å². The molecule has 5 rings (SSSR count). The van der Waals surface area contributed by atoms with Crippen LogP contribution in [0.4, 0.5) is 4.39 Å². The molecule has 0 bridgehead atoms. The molecule has 4 heterocycles. The Kier molecular flexibility index (Phi) is 6.68. The highest BCUT2D eigenvalue weighted by molar-refractivity contribution is 7.90. The number of rotatable bonds is 6. The van der Waals surface area contributed by atoms with Crippen molar-refractivity contribution in [1.82, 2.24) is 24.2 Å². The molecule has 0 amide bonds. The highest BCUT2D eigenvalue weighted by Crippen LogP contribution is 2.32. The van der Waals surface area contributed by atoms with E-state index in [0.717, 1.165) is 43.4 Å². The van der Waals surface area contributed by atoms with Crippen LogP contribution < -0.4 is 5.56 Å². The maximum atomic E-state index is 13.7. The van der Waals surface area contributed by atoms with Crippen LogP contribution in [-0.2, 0) is 22.8 Å². The molecule has 1 saturated heterocycles. The van der Waals surface area contributed by atoms with E-state index < -0.39 is 27.0 Å². The molecule has 0 radical (unpaired) electrons. The van der Waals surface area contributed by atoms with Crippen molar-refractivity contribution in [2.24, 2.45) is 0 Å². The van der Waals surface area contributed by atoms with Crippen molar-refractivity contribution in [2.75, 3.05) is 39.5 Å². The number of nitrogens with zero attached hydrogens (tertiary/aromatic N) is 5. The molecule has 0 spiro atoms. The molecule has 0 saturated carbocycles. The van der Waals surface area contributed by atoms with Gasteiger partial charge in [-0.3, -0.25) is 14.1 Å². The molecule has 0 unspecified atom stereocenters. The van der Waals surface area contributed by atoms with Crippen LogP contribution in [0, 0.1) is 5.82 Å². The van der Waals surface area contributed by atoms with Gasteiger partial charge in [0.1, 0.15) is 16.5 Å². The first-order valence-electron chi connectivity index (χ1n) is 11.2. The minimum Gasteiger partial charge on any atom is -0.501 e. The van der Waals surface area contributed by atoms with Crippen molar-refractivity contribution in [2.45, 2.75) is 17.9 Å². The first-order valence-corrected chi connectivity index (χ1v) is 14.7. The van der Waals surface area contributed by atoms with Crippen LogP contribution >= 0.6 is 22.7 Å². The molecule has 36 heavy (non-hydrogen) atoms. The maximum Gasteiger partial charge on any atom is 0.301 e. The Morgan fingerprint density at radius 3 is 2.61 bits per heavy atom. The number of hydrogen-bond acceptors (Lipinski definition) is 10. The molecule has 1 N–H and O–H groups in total. The molecule has 3 aromatic heterocycles. The summed E-state index contributed by atoms with van der Waals surface area (Å²) in [6.07, 6.45) is 4.51. The standard InChI is InChI=1S/C23H24FN5O4S3/c1-27-5-7-28(8-6-27)12-17-13-29-22(31)20(30)19(26-23(29)35-17)21-25-11-16(34-21)9-14-3-4-15(24)10-18(14)36(2,32)33/h3-4,10-11,13,30H,5-9,12H2,1-2H3. The number of thiazole rings is 2. The Labute approximate surface area is 215 Å². The fourth-order valence-corrected chi connectivity index (χ4v) is 7.01. The minimum absolute atomic E-state index is 0.0791. The summed E-state index contributed by atoms with van der Waals surface area (Å²) >= 11 is 2.59. The Morgan fingerprint density at radius 1 is 1.14 bits per heavy atom. The molecule has 4 aromatic rings. The Hall–Kier alpha value is -2.71. The second kappa shape index (κ2) is 9.63. The number of benzene rings is 1. The van der Waals surface area contributed by atoms with Crippen molar-refractivity contribution in [1.29, 1.82) is 0 Å². The molecule has 1 aliphatic rings. The van der Waals surface area contributed by atoms with Crippen molar-refractivity contribution in [3.8, 4) is 16.5 Å². The number of halogens is 1. The fourth-order valence-electron chi connectivity index (χ4n) is 4.13. The number of hydrogen-bond donors (Lipinski definition) is 1. The third-order valence-electron chi connectivity index (χ3n) is 6.08. The second-order valence-electron chi connectivity index (χ2n) is 8.88. The lowest BCUT2D eigenvalue weighted by molar-refractivity contribution is 0.149. The lowest BCUT2D eigenvalue weighted by Crippen LogP contribution is -2.43. The summed E-state index contributed by atoms with van der Waals surface area (Å²) in [5.41, 5.74) is -0.0363. The van der Waals surface area contributed by atoms with E-state index in [-0.39, 0.29) is 17.0 Å². The SMILES string of the molecule is CN1CCN(Cc2cn3c(=O)c(O)c(-c4ncc(Cc5ccc(F)cc5S(C)(=O)=O)s4)nc3s2)CC1. The van der Waals surface area contributed by atoms with Gasteiger partial charge >= 0.3 is 5.56 Å². The average Bonchev–Trinajstić information content (AvgIpc) is 3.45. The third-order valence-corrected chi connectivity index (χ3v) is 9.23. The number of sulfone groups is 1. The second-order valence-corrected chi connectivity index (χ2v) is 13.1. The van der Waals surface area contributed by atoms with Crippen LogP contribution in [0.1, 0.15) is 15.3 Å². The first-order chi connectivity index (χ1) is 17.1. The van der Waals surface area contributed by atoms with Gasteiger partial charge in [-0.1, -0.05) is 17.4 Å². The van der Waals surface area contributed by atoms with Crippen LogP contribution in [0.25, 0.3) is 15.7 Å². The van der Waals surface area contributed by atoms with Gasteiger partial charge in [0.15, 0.2) is 14.8 Å². The maximum absolute atomic E-state index is 13.7. The van der Waals surface area contributed by atoms with Crippen molar-refractivity contribution >= 4 is 37.5 Å². The predicted molar refractivity (Wildman–Crippen MR) is 137 cm³/mol. The molecular formula is C23H24FN5O4S3. The van der Waals surface area contributed by atoms with Crippen molar-refractivity contribution in [3.05, 3.63) is 62.1 Å². The van der Waals surface area contributed by atoms with Gasteiger partial charge < -0.3 is 10.0 Å². The van der Waals surface area contributed by atoms with Crippen LogP contribution in [0.15, 0.2) is 40.3 Å². The summed E-state index contributed by atoms with van der Waals surface area (Å²) in [5.74, 6) is -1.12. The van der Waals surface area contributed by atoms with Crippen molar-refractivity contribution in [3.63, 3.8) is 0 Å². The van der Waals surface area contributed by atoms with E-state index in [2.05, 4.69) is 26.8 Å². The number of likely N-dealkylation sites (N-methyl/N-ethyl adjacent to an activating group) is 1. The van der Waals surface area contributed by atoms with Gasteiger partial charge in [0.05, 0.1) is 4.90 Å². The Balaban J connectivity index is 1.43. The lowest BCUT2D eigenvalue weighted by Gasteiger charge is -2.31. The van der Waals surface area contributed by atoms with Gasteiger partial charge in [0, 0.05) is 67.5 Å². The van der Waals surface area contributed by atoms with Gasteiger partial charge in [-0.2, -0.15) is 0 Å². The minimum atomic E-state index is -3.63. The summed E-state index contributed by atoms with van der Waals surface area (Å²) in [5, 5.41) is 11.0. The Bertz CT molecular complexity index is 1600. The molecule has 1 aliphatic heterocycles. The summed E-state index contributed by atoms with van der Waals surface area (Å²) in [6, 6.07) is 3.66. The lowest BCUT2D eigenvalue weighted by atomic mass is 10.1. The predicted octanol–water partition coefficient (Wildman–Crippen LogP) is 2.47. The van der Waals surface area contributed by atoms with E-state index in [1.807, 2.05) is 0 Å². The van der Waals surface area contributed by atoms with Crippen LogP contribution in [0.5, 0.6) is 5.75 Å². The van der Waals surface area contributed by atoms with E-state index >= 15 is 0 Å². The highest BCUT2D eigenvalue weighted by atomic mass is 32.2. The zero-order chi connectivity index (χ0) is 25.6. The Morgan fingerprint density at radius 2 is 1.89 bits per heavy atom. The van der Waals surface area contributed by atoms with Gasteiger partial charge in [-0.05, 0) is 24.7 Å². The van der Waals surface area contributed by atoms with E-state index in [9.17, 15) is 22.7 Å². The number of aromatic hydroxyl groups is 1. The zero-order valence-corrected chi connectivity index (χ0v) is 22.1. The third kappa shape index (κ3) is 5.06. The van der Waals surface area contributed by atoms with Gasteiger partial charge in [0.25, 0.3) is 0 Å². The highest BCUT2D eigenvalue weighted by Gasteiger charge is 2.21. The monoisotopic (exact) mass is 549 g/mol. The number of aromatic nitrogens is 3. The molecule has 0 aliphatic carbocycles. The van der Waals surface area contributed by atoms with Crippen LogP contribution in [0.3, 0.4) is 0 Å². The summed E-state index contributed by atoms with van der Waals surface area (Å²) < 4.78 is 39.2. The largest absolute Gasteiger partial charge is 0.501 e. The van der Waals surface area contributed by atoms with Crippen LogP contribution in [0.2, 0.25) is 0 Å². The van der Waals surface area contributed by atoms with E-state index in [4.69, 9.17) is 0 Å². The molecule has 190 valence electrons. The first kappa shape index (κ1) is 25.0. The van der Waals surface area contributed by atoms with Crippen LogP contribution in [-0.4, -0.2) is 77.2 Å². The average molecular weight is 550 g/mol. The summed E-state index contributed by atoms with van der Waals surface area (Å²) in [7, 11) is -1.53. The van der Waals surface area contributed by atoms with E-state index in [0.29, 0.717) is 27.0 Å². The number of piperazine rings is 1. The molecule has 9 nitrogen and oxygen atoms in total. The molecule has 0 atom stereocenters.